The van der Waals surface area contributed by atoms with Gasteiger partial charge in [-0.2, -0.15) is 0 Å². The van der Waals surface area contributed by atoms with E-state index in [-0.39, 0.29) is 18.2 Å². The second-order valence-corrected chi connectivity index (χ2v) is 4.35. The largest absolute Gasteiger partial charge is 0.460 e. The maximum Gasteiger partial charge on any atom is 0.341 e. The second kappa shape index (κ2) is 2.47. The summed E-state index contributed by atoms with van der Waals surface area (Å²) < 4.78 is 10.8. The first-order valence-corrected chi connectivity index (χ1v) is 5.20. The summed E-state index contributed by atoms with van der Waals surface area (Å²) in [5.74, 6) is -0.0836. The molecule has 0 aromatic rings. The summed E-state index contributed by atoms with van der Waals surface area (Å²) in [4.78, 5) is 11.7. The van der Waals surface area contributed by atoms with Crippen molar-refractivity contribution in [3.8, 4) is 0 Å². The van der Waals surface area contributed by atoms with Crippen LogP contribution in [-0.2, 0) is 14.3 Å². The van der Waals surface area contributed by atoms with Crippen molar-refractivity contribution in [3.63, 3.8) is 0 Å². The SMILES string of the molecule is O=C(OC1CC1)C12CCCCC1O2. The van der Waals surface area contributed by atoms with Crippen LogP contribution in [0.25, 0.3) is 0 Å². The number of rotatable bonds is 2. The van der Waals surface area contributed by atoms with Crippen molar-refractivity contribution in [2.45, 2.75) is 56.3 Å². The molecule has 2 aliphatic carbocycles. The zero-order chi connectivity index (χ0) is 8.89. The number of ether oxygens (including phenoxy) is 2. The summed E-state index contributed by atoms with van der Waals surface area (Å²) in [7, 11) is 0. The summed E-state index contributed by atoms with van der Waals surface area (Å²) in [6.45, 7) is 0. The zero-order valence-electron chi connectivity index (χ0n) is 7.62. The number of carbonyl (C=O) groups is 1. The van der Waals surface area contributed by atoms with Crippen LogP contribution in [0.3, 0.4) is 0 Å². The number of esters is 1. The molecule has 0 aromatic heterocycles. The molecule has 0 spiro atoms. The first-order chi connectivity index (χ1) is 6.31. The third-order valence-electron chi connectivity index (χ3n) is 3.22. The number of hydrogen-bond donors (Lipinski definition) is 0. The molecule has 2 atom stereocenters. The minimum absolute atomic E-state index is 0.0836. The van der Waals surface area contributed by atoms with E-state index in [1.807, 2.05) is 0 Å². The third kappa shape index (κ3) is 1.17. The van der Waals surface area contributed by atoms with E-state index in [1.54, 1.807) is 0 Å². The Labute approximate surface area is 77.4 Å². The van der Waals surface area contributed by atoms with E-state index in [2.05, 4.69) is 0 Å². The van der Waals surface area contributed by atoms with Crippen LogP contribution in [0.2, 0.25) is 0 Å². The van der Waals surface area contributed by atoms with Crippen molar-refractivity contribution >= 4 is 5.97 Å². The van der Waals surface area contributed by atoms with Gasteiger partial charge < -0.3 is 9.47 Å². The Morgan fingerprint density at radius 3 is 2.85 bits per heavy atom. The van der Waals surface area contributed by atoms with Crippen LogP contribution in [0.4, 0.5) is 0 Å². The van der Waals surface area contributed by atoms with Crippen LogP contribution in [0.5, 0.6) is 0 Å². The molecule has 0 amide bonds. The fourth-order valence-corrected chi connectivity index (χ4v) is 2.17. The van der Waals surface area contributed by atoms with Crippen molar-refractivity contribution in [3.05, 3.63) is 0 Å². The molecule has 3 rings (SSSR count). The average Bonchev–Trinajstić information content (AvgIpc) is 2.98. The summed E-state index contributed by atoms with van der Waals surface area (Å²) in [6.07, 6.45) is 6.72. The molecule has 2 unspecified atom stereocenters. The first-order valence-electron chi connectivity index (χ1n) is 5.20. The van der Waals surface area contributed by atoms with E-state index in [4.69, 9.17) is 9.47 Å². The zero-order valence-corrected chi connectivity index (χ0v) is 7.62. The number of fused-ring (bicyclic) bond motifs is 1. The summed E-state index contributed by atoms with van der Waals surface area (Å²) in [6, 6.07) is 0. The molecule has 2 saturated carbocycles. The topological polar surface area (TPSA) is 38.8 Å². The van der Waals surface area contributed by atoms with E-state index in [0.717, 1.165) is 32.1 Å². The monoisotopic (exact) mass is 182 g/mol. The molecular formula is C10H14O3. The third-order valence-corrected chi connectivity index (χ3v) is 3.22. The molecule has 13 heavy (non-hydrogen) atoms. The van der Waals surface area contributed by atoms with Gasteiger partial charge in [0.2, 0.25) is 0 Å². The van der Waals surface area contributed by atoms with Gasteiger partial charge in [-0.15, -0.1) is 0 Å². The van der Waals surface area contributed by atoms with Crippen LogP contribution in [0.1, 0.15) is 38.5 Å². The molecule has 0 radical (unpaired) electrons. The molecule has 1 heterocycles. The van der Waals surface area contributed by atoms with E-state index in [0.29, 0.717) is 0 Å². The molecule has 3 aliphatic rings. The maximum absolute atomic E-state index is 11.7. The highest BCUT2D eigenvalue weighted by molar-refractivity contribution is 5.83. The molecule has 1 saturated heterocycles. The molecule has 3 heteroatoms. The molecule has 3 nitrogen and oxygen atoms in total. The van der Waals surface area contributed by atoms with E-state index >= 15 is 0 Å². The van der Waals surface area contributed by atoms with E-state index in [9.17, 15) is 4.79 Å². The highest BCUT2D eigenvalue weighted by Crippen LogP contribution is 2.49. The second-order valence-electron chi connectivity index (χ2n) is 4.35. The van der Waals surface area contributed by atoms with Gasteiger partial charge in [-0.1, -0.05) is 6.42 Å². The number of epoxide rings is 1. The Balaban J connectivity index is 1.66. The number of hydrogen-bond acceptors (Lipinski definition) is 3. The van der Waals surface area contributed by atoms with E-state index in [1.165, 1.54) is 6.42 Å². The number of carbonyl (C=O) groups excluding carboxylic acids is 1. The Hall–Kier alpha value is -0.570. The van der Waals surface area contributed by atoms with Crippen LogP contribution in [0, 0.1) is 0 Å². The minimum atomic E-state index is -0.485. The lowest BCUT2D eigenvalue weighted by atomic mass is 9.89. The smallest absolute Gasteiger partial charge is 0.341 e. The highest BCUT2D eigenvalue weighted by Gasteiger charge is 2.64. The van der Waals surface area contributed by atoms with Crippen LogP contribution in [-0.4, -0.2) is 23.8 Å². The molecular weight excluding hydrogens is 168 g/mol. The molecule has 0 N–H and O–H groups in total. The van der Waals surface area contributed by atoms with Gasteiger partial charge in [0.05, 0.1) is 6.10 Å². The molecule has 0 bridgehead atoms. The van der Waals surface area contributed by atoms with Gasteiger partial charge in [-0.3, -0.25) is 0 Å². The summed E-state index contributed by atoms with van der Waals surface area (Å²) in [5, 5.41) is 0. The Kier molecular flexibility index (Phi) is 1.48. The first kappa shape index (κ1) is 7.80. The summed E-state index contributed by atoms with van der Waals surface area (Å²) >= 11 is 0. The van der Waals surface area contributed by atoms with E-state index < -0.39 is 5.60 Å². The molecule has 1 aliphatic heterocycles. The minimum Gasteiger partial charge on any atom is -0.460 e. The Morgan fingerprint density at radius 1 is 1.31 bits per heavy atom. The van der Waals surface area contributed by atoms with Gasteiger partial charge in [-0.25, -0.2) is 4.79 Å². The Morgan fingerprint density at radius 2 is 2.15 bits per heavy atom. The fraction of sp³-hybridized carbons (Fsp3) is 0.900. The summed E-state index contributed by atoms with van der Waals surface area (Å²) in [5.41, 5.74) is -0.485. The molecule has 3 fully saturated rings. The van der Waals surface area contributed by atoms with Gasteiger partial charge in [-0.05, 0) is 32.1 Å². The highest BCUT2D eigenvalue weighted by atomic mass is 16.7. The van der Waals surface area contributed by atoms with Gasteiger partial charge in [0.15, 0.2) is 5.60 Å². The average molecular weight is 182 g/mol. The van der Waals surface area contributed by atoms with Crippen molar-refractivity contribution in [2.75, 3.05) is 0 Å². The Bertz CT molecular complexity index is 247. The van der Waals surface area contributed by atoms with Crippen molar-refractivity contribution in [1.82, 2.24) is 0 Å². The lowest BCUT2D eigenvalue weighted by molar-refractivity contribution is -0.151. The lowest BCUT2D eigenvalue weighted by Gasteiger charge is -2.15. The van der Waals surface area contributed by atoms with Gasteiger partial charge in [0.1, 0.15) is 6.10 Å². The molecule has 72 valence electrons. The molecule has 0 aromatic carbocycles. The lowest BCUT2D eigenvalue weighted by Crippen LogP contribution is -2.32. The predicted molar refractivity (Wildman–Crippen MR) is 45.2 cm³/mol. The van der Waals surface area contributed by atoms with Crippen LogP contribution in [0.15, 0.2) is 0 Å². The maximum atomic E-state index is 11.7. The van der Waals surface area contributed by atoms with Crippen LogP contribution < -0.4 is 0 Å². The normalized spacial score (nSPS) is 42.3. The van der Waals surface area contributed by atoms with Gasteiger partial charge in [0.25, 0.3) is 0 Å². The quantitative estimate of drug-likeness (QED) is 0.478. The predicted octanol–water partition coefficient (Wildman–Crippen LogP) is 1.40. The standard InChI is InChI=1S/C10H14O3/c11-9(12-7-4-5-7)10-6-2-1-3-8(10)13-10/h7-8H,1-6H2. The van der Waals surface area contributed by atoms with Crippen molar-refractivity contribution in [2.24, 2.45) is 0 Å². The van der Waals surface area contributed by atoms with Gasteiger partial charge in [0, 0.05) is 0 Å². The van der Waals surface area contributed by atoms with Crippen LogP contribution >= 0.6 is 0 Å². The van der Waals surface area contributed by atoms with Crippen molar-refractivity contribution < 1.29 is 14.3 Å². The fourth-order valence-electron chi connectivity index (χ4n) is 2.17. The van der Waals surface area contributed by atoms with Gasteiger partial charge >= 0.3 is 5.97 Å². The van der Waals surface area contributed by atoms with Crippen molar-refractivity contribution in [1.29, 1.82) is 0 Å².